The molecule has 5 rings (SSSR count). The molecule has 1 aliphatic heterocycles. The smallest absolute Gasteiger partial charge is 0.254 e. The highest BCUT2D eigenvalue weighted by molar-refractivity contribution is 6.06. The molecule has 0 spiro atoms. The number of likely N-dealkylation sites (tertiary alicyclic amines) is 1. The lowest BCUT2D eigenvalue weighted by molar-refractivity contribution is 0.0784. The molecule has 6 nitrogen and oxygen atoms in total. The predicted molar refractivity (Wildman–Crippen MR) is 131 cm³/mol. The molecule has 168 valence electrons. The maximum absolute atomic E-state index is 13.6. The SMILES string of the molecule is CN(CCN1CCCC1)C(=O)c1cc(-c2ccccc2)nc2c1cnn2Cc1ccccc1. The number of aromatic nitrogens is 3. The lowest BCUT2D eigenvalue weighted by Crippen LogP contribution is -2.35. The zero-order valence-electron chi connectivity index (χ0n) is 19.0. The normalized spacial score (nSPS) is 14.1. The molecule has 0 bridgehead atoms. The molecule has 0 unspecified atom stereocenters. The van der Waals surface area contributed by atoms with Crippen LogP contribution in [0.25, 0.3) is 22.3 Å². The fraction of sp³-hybridized carbons (Fsp3) is 0.296. The van der Waals surface area contributed by atoms with Crippen molar-refractivity contribution in [3.05, 3.63) is 84.1 Å². The predicted octanol–water partition coefficient (Wildman–Crippen LogP) is 4.31. The number of rotatable bonds is 7. The summed E-state index contributed by atoms with van der Waals surface area (Å²) in [6.45, 7) is 4.49. The molecule has 0 aliphatic carbocycles. The van der Waals surface area contributed by atoms with Crippen LogP contribution in [-0.4, -0.2) is 63.7 Å². The van der Waals surface area contributed by atoms with Crippen molar-refractivity contribution in [1.82, 2.24) is 24.6 Å². The molecular weight excluding hydrogens is 410 g/mol. The molecule has 0 N–H and O–H groups in total. The maximum atomic E-state index is 13.6. The van der Waals surface area contributed by atoms with Gasteiger partial charge in [-0.25, -0.2) is 9.67 Å². The lowest BCUT2D eigenvalue weighted by Gasteiger charge is -2.22. The molecule has 0 saturated carbocycles. The van der Waals surface area contributed by atoms with E-state index in [9.17, 15) is 4.79 Å². The molecule has 2 aromatic carbocycles. The molecule has 1 saturated heterocycles. The monoisotopic (exact) mass is 439 g/mol. The molecule has 4 aromatic rings. The third kappa shape index (κ3) is 4.66. The largest absolute Gasteiger partial charge is 0.340 e. The highest BCUT2D eigenvalue weighted by atomic mass is 16.2. The van der Waals surface area contributed by atoms with E-state index in [1.807, 2.05) is 71.2 Å². The fourth-order valence-electron chi connectivity index (χ4n) is 4.46. The zero-order chi connectivity index (χ0) is 22.6. The number of hydrogen-bond donors (Lipinski definition) is 0. The van der Waals surface area contributed by atoms with E-state index in [4.69, 9.17) is 4.98 Å². The number of hydrogen-bond acceptors (Lipinski definition) is 4. The van der Waals surface area contributed by atoms with Gasteiger partial charge in [-0.1, -0.05) is 60.7 Å². The van der Waals surface area contributed by atoms with Gasteiger partial charge in [0.2, 0.25) is 0 Å². The second-order valence-corrected chi connectivity index (χ2v) is 8.72. The minimum absolute atomic E-state index is 0.0121. The third-order valence-corrected chi connectivity index (χ3v) is 6.38. The fourth-order valence-corrected chi connectivity index (χ4v) is 4.46. The van der Waals surface area contributed by atoms with Crippen molar-refractivity contribution in [3.63, 3.8) is 0 Å². The Bertz CT molecular complexity index is 1230. The van der Waals surface area contributed by atoms with Crippen molar-refractivity contribution in [3.8, 4) is 11.3 Å². The number of amides is 1. The number of benzene rings is 2. The Labute approximate surface area is 194 Å². The van der Waals surface area contributed by atoms with Crippen LogP contribution >= 0.6 is 0 Å². The first-order valence-corrected chi connectivity index (χ1v) is 11.6. The molecule has 33 heavy (non-hydrogen) atoms. The average Bonchev–Trinajstić information content (AvgIpc) is 3.53. The molecule has 0 radical (unpaired) electrons. The Morgan fingerprint density at radius 2 is 1.70 bits per heavy atom. The average molecular weight is 440 g/mol. The summed E-state index contributed by atoms with van der Waals surface area (Å²) in [6, 6.07) is 22.1. The topological polar surface area (TPSA) is 54.3 Å². The first kappa shape index (κ1) is 21.3. The minimum atomic E-state index is 0.0121. The Morgan fingerprint density at radius 1 is 1.00 bits per heavy atom. The van der Waals surface area contributed by atoms with Crippen LogP contribution in [0.1, 0.15) is 28.8 Å². The van der Waals surface area contributed by atoms with Gasteiger partial charge in [-0.15, -0.1) is 0 Å². The molecule has 0 atom stereocenters. The second-order valence-electron chi connectivity index (χ2n) is 8.72. The van der Waals surface area contributed by atoms with Crippen molar-refractivity contribution in [1.29, 1.82) is 0 Å². The first-order valence-electron chi connectivity index (χ1n) is 11.6. The van der Waals surface area contributed by atoms with Crippen LogP contribution in [-0.2, 0) is 6.54 Å². The van der Waals surface area contributed by atoms with Crippen LogP contribution in [0.5, 0.6) is 0 Å². The second kappa shape index (κ2) is 9.55. The summed E-state index contributed by atoms with van der Waals surface area (Å²) < 4.78 is 1.89. The zero-order valence-corrected chi connectivity index (χ0v) is 19.0. The Morgan fingerprint density at radius 3 is 2.42 bits per heavy atom. The molecule has 1 amide bonds. The van der Waals surface area contributed by atoms with Crippen molar-refractivity contribution in [2.75, 3.05) is 33.2 Å². The van der Waals surface area contributed by atoms with Gasteiger partial charge in [0.25, 0.3) is 5.91 Å². The van der Waals surface area contributed by atoms with Crippen LogP contribution in [0.2, 0.25) is 0 Å². The summed E-state index contributed by atoms with van der Waals surface area (Å²) in [5, 5.41) is 5.41. The van der Waals surface area contributed by atoms with E-state index >= 15 is 0 Å². The highest BCUT2D eigenvalue weighted by Crippen LogP contribution is 2.26. The van der Waals surface area contributed by atoms with Crippen molar-refractivity contribution in [2.24, 2.45) is 0 Å². The summed E-state index contributed by atoms with van der Waals surface area (Å²) in [5.41, 5.74) is 4.30. The number of nitrogens with zero attached hydrogens (tertiary/aromatic N) is 5. The third-order valence-electron chi connectivity index (χ3n) is 6.38. The Kier molecular flexibility index (Phi) is 6.17. The van der Waals surface area contributed by atoms with Crippen LogP contribution in [0.3, 0.4) is 0 Å². The van der Waals surface area contributed by atoms with Gasteiger partial charge < -0.3 is 9.80 Å². The molecule has 2 aromatic heterocycles. The quantitative estimate of drug-likeness (QED) is 0.431. The molecule has 6 heteroatoms. The standard InChI is InChI=1S/C27H29N5O/c1-30(16-17-31-14-8-9-15-31)27(33)23-18-25(22-12-6-3-7-13-22)29-26-24(23)19-28-32(26)20-21-10-4-2-5-11-21/h2-7,10-13,18-19H,8-9,14-17,20H2,1H3. The van der Waals surface area contributed by atoms with E-state index in [2.05, 4.69) is 22.1 Å². The van der Waals surface area contributed by atoms with E-state index in [0.29, 0.717) is 18.7 Å². The van der Waals surface area contributed by atoms with Crippen LogP contribution in [0, 0.1) is 0 Å². The van der Waals surface area contributed by atoms with E-state index in [0.717, 1.165) is 47.5 Å². The minimum Gasteiger partial charge on any atom is -0.340 e. The van der Waals surface area contributed by atoms with E-state index in [1.165, 1.54) is 12.8 Å². The summed E-state index contributed by atoms with van der Waals surface area (Å²) in [5.74, 6) is 0.0121. The number of carbonyl (C=O) groups is 1. The molecular formula is C27H29N5O. The number of fused-ring (bicyclic) bond motifs is 1. The van der Waals surface area contributed by atoms with Crippen molar-refractivity contribution < 1.29 is 4.79 Å². The van der Waals surface area contributed by atoms with E-state index in [-0.39, 0.29) is 5.91 Å². The summed E-state index contributed by atoms with van der Waals surface area (Å²) >= 11 is 0. The number of pyridine rings is 1. The van der Waals surface area contributed by atoms with E-state index in [1.54, 1.807) is 6.20 Å². The van der Waals surface area contributed by atoms with Crippen molar-refractivity contribution in [2.45, 2.75) is 19.4 Å². The van der Waals surface area contributed by atoms with Gasteiger partial charge >= 0.3 is 0 Å². The highest BCUT2D eigenvalue weighted by Gasteiger charge is 2.21. The van der Waals surface area contributed by atoms with E-state index < -0.39 is 0 Å². The summed E-state index contributed by atoms with van der Waals surface area (Å²) in [6.07, 6.45) is 4.29. The van der Waals surface area contributed by atoms with Crippen molar-refractivity contribution >= 4 is 16.9 Å². The first-order chi connectivity index (χ1) is 16.2. The molecule has 1 fully saturated rings. The lowest BCUT2D eigenvalue weighted by atomic mass is 10.1. The number of carbonyl (C=O) groups excluding carboxylic acids is 1. The summed E-state index contributed by atoms with van der Waals surface area (Å²) in [7, 11) is 1.89. The van der Waals surface area contributed by atoms with Gasteiger partial charge in [-0.2, -0.15) is 5.10 Å². The van der Waals surface area contributed by atoms with Gasteiger partial charge in [-0.3, -0.25) is 4.79 Å². The Hall–Kier alpha value is -3.51. The van der Waals surface area contributed by atoms with Gasteiger partial charge in [0.15, 0.2) is 5.65 Å². The van der Waals surface area contributed by atoms with Gasteiger partial charge in [0.1, 0.15) is 0 Å². The van der Waals surface area contributed by atoms with Crippen LogP contribution in [0.4, 0.5) is 0 Å². The Balaban J connectivity index is 1.51. The van der Waals surface area contributed by atoms with Crippen LogP contribution < -0.4 is 0 Å². The molecule has 3 heterocycles. The number of likely N-dealkylation sites (N-methyl/N-ethyl adjacent to an activating group) is 1. The van der Waals surface area contributed by atoms with Gasteiger partial charge in [0, 0.05) is 25.7 Å². The molecule has 1 aliphatic rings. The summed E-state index contributed by atoms with van der Waals surface area (Å²) in [4.78, 5) is 22.8. The van der Waals surface area contributed by atoms with Crippen LogP contribution in [0.15, 0.2) is 72.9 Å². The van der Waals surface area contributed by atoms with Gasteiger partial charge in [-0.05, 0) is 37.6 Å². The van der Waals surface area contributed by atoms with Gasteiger partial charge in [0.05, 0.1) is 29.4 Å². The maximum Gasteiger partial charge on any atom is 0.254 e.